The van der Waals surface area contributed by atoms with Gasteiger partial charge in [-0.15, -0.1) is 0 Å². The molecular formula is C42H52N4O4. The Kier molecular flexibility index (Phi) is 11.8. The minimum atomic E-state index is -0.910. The van der Waals surface area contributed by atoms with Gasteiger partial charge in [-0.1, -0.05) is 88.4 Å². The highest BCUT2D eigenvalue weighted by molar-refractivity contribution is 5.98. The first kappa shape index (κ1) is 35.5. The fourth-order valence-electron chi connectivity index (χ4n) is 8.16. The summed E-state index contributed by atoms with van der Waals surface area (Å²) in [5.74, 6) is 1.21. The number of aromatic nitrogens is 2. The van der Waals surface area contributed by atoms with Crippen LogP contribution in [0.25, 0.3) is 17.0 Å². The number of nitrogens with zero attached hydrogens (tertiary/aromatic N) is 3. The largest absolute Gasteiger partial charge is 0.481 e. The number of allylic oxidation sites excluding steroid dienone is 2. The van der Waals surface area contributed by atoms with Gasteiger partial charge >= 0.3 is 5.97 Å². The summed E-state index contributed by atoms with van der Waals surface area (Å²) in [4.78, 5) is 49.0. The number of aryl methyl sites for hydroxylation is 1. The molecule has 2 aliphatic carbocycles. The number of likely N-dealkylation sites (tertiary alicyclic amines) is 1. The van der Waals surface area contributed by atoms with Gasteiger partial charge in [0.2, 0.25) is 5.91 Å². The first-order valence-corrected chi connectivity index (χ1v) is 18.8. The summed E-state index contributed by atoms with van der Waals surface area (Å²) in [6.07, 6.45) is 20.4. The lowest BCUT2D eigenvalue weighted by atomic mass is 9.70. The van der Waals surface area contributed by atoms with Crippen molar-refractivity contribution in [2.24, 2.45) is 23.7 Å². The van der Waals surface area contributed by atoms with Crippen LogP contribution in [0.4, 0.5) is 0 Å². The number of hydrogen-bond acceptors (Lipinski definition) is 5. The Morgan fingerprint density at radius 1 is 0.840 bits per heavy atom. The fourth-order valence-corrected chi connectivity index (χ4v) is 8.16. The monoisotopic (exact) mass is 676 g/mol. The number of carboxylic acids is 1. The molecule has 3 aromatic rings. The van der Waals surface area contributed by atoms with Crippen LogP contribution in [0.3, 0.4) is 0 Å². The Hall–Kier alpha value is -4.33. The smallest absolute Gasteiger partial charge is 0.310 e. The first-order valence-electron chi connectivity index (χ1n) is 18.8. The summed E-state index contributed by atoms with van der Waals surface area (Å²) < 4.78 is 0. The Morgan fingerprint density at radius 3 is 2.12 bits per heavy atom. The summed E-state index contributed by atoms with van der Waals surface area (Å²) in [5, 5.41) is 12.2. The molecule has 2 heterocycles. The number of aliphatic carboxylic acids is 1. The molecule has 8 nitrogen and oxygen atoms in total. The van der Waals surface area contributed by atoms with E-state index in [0.29, 0.717) is 11.4 Å². The third-order valence-corrected chi connectivity index (χ3v) is 11.3. The van der Waals surface area contributed by atoms with Gasteiger partial charge in [0.1, 0.15) is 6.04 Å². The average Bonchev–Trinajstić information content (AvgIpc) is 3.12. The number of carbonyl (C=O) groups excluding carboxylic acids is 2. The maximum Gasteiger partial charge on any atom is 0.310 e. The molecule has 1 saturated heterocycles. The van der Waals surface area contributed by atoms with Crippen molar-refractivity contribution in [3.63, 3.8) is 0 Å². The van der Waals surface area contributed by atoms with Crippen LogP contribution < -0.4 is 5.32 Å². The van der Waals surface area contributed by atoms with Crippen molar-refractivity contribution < 1.29 is 19.5 Å². The van der Waals surface area contributed by atoms with Crippen LogP contribution in [0.2, 0.25) is 0 Å². The molecule has 1 aliphatic heterocycles. The predicted octanol–water partition coefficient (Wildman–Crippen LogP) is 7.77. The first-order chi connectivity index (χ1) is 24.3. The molecule has 6 rings (SSSR count). The normalized spacial score (nSPS) is 21.5. The number of hydrogen-bond donors (Lipinski definition) is 2. The SMILES string of the molecule is CCCc1ccc(C(=O)N[C@@H](Cc2ccc(-c3ncc(C4=CCC(C5CCC(CCC)CC5)CC4)cn3)cc2)C(=O)N2CC(C(=O)O)C2)cc1. The predicted molar refractivity (Wildman–Crippen MR) is 196 cm³/mol. The lowest BCUT2D eigenvalue weighted by molar-refractivity contribution is -0.153. The molecule has 264 valence electrons. The van der Waals surface area contributed by atoms with Crippen molar-refractivity contribution in [1.29, 1.82) is 0 Å². The summed E-state index contributed by atoms with van der Waals surface area (Å²) in [6.45, 7) is 4.72. The molecule has 8 heteroatoms. The minimum Gasteiger partial charge on any atom is -0.481 e. The van der Waals surface area contributed by atoms with Crippen LogP contribution in [-0.4, -0.2) is 56.9 Å². The molecule has 2 aromatic carbocycles. The summed E-state index contributed by atoms with van der Waals surface area (Å²) in [6, 6.07) is 14.4. The van der Waals surface area contributed by atoms with E-state index in [4.69, 9.17) is 9.97 Å². The molecule has 50 heavy (non-hydrogen) atoms. The van der Waals surface area contributed by atoms with E-state index in [0.717, 1.165) is 65.7 Å². The van der Waals surface area contributed by atoms with E-state index in [1.165, 1.54) is 55.4 Å². The highest BCUT2D eigenvalue weighted by Gasteiger charge is 2.39. The van der Waals surface area contributed by atoms with Gasteiger partial charge in [0, 0.05) is 48.6 Å². The van der Waals surface area contributed by atoms with Gasteiger partial charge in [0.25, 0.3) is 5.91 Å². The van der Waals surface area contributed by atoms with E-state index in [2.05, 4.69) is 25.2 Å². The number of carbonyl (C=O) groups is 3. The number of carboxylic acid groups (broad SMARTS) is 1. The van der Waals surface area contributed by atoms with Crippen molar-refractivity contribution in [1.82, 2.24) is 20.2 Å². The Balaban J connectivity index is 1.07. The summed E-state index contributed by atoms with van der Waals surface area (Å²) >= 11 is 0. The maximum absolute atomic E-state index is 13.5. The molecule has 1 saturated carbocycles. The molecule has 1 unspecified atom stereocenters. The second-order valence-corrected chi connectivity index (χ2v) is 14.8. The minimum absolute atomic E-state index is 0.149. The third-order valence-electron chi connectivity index (χ3n) is 11.3. The van der Waals surface area contributed by atoms with Crippen LogP contribution in [0.1, 0.15) is 105 Å². The van der Waals surface area contributed by atoms with E-state index in [-0.39, 0.29) is 31.3 Å². The van der Waals surface area contributed by atoms with Gasteiger partial charge in [0.15, 0.2) is 5.82 Å². The third kappa shape index (κ3) is 8.69. The molecular weight excluding hydrogens is 624 g/mol. The van der Waals surface area contributed by atoms with Gasteiger partial charge in [-0.3, -0.25) is 14.4 Å². The van der Waals surface area contributed by atoms with Crippen molar-refractivity contribution in [3.8, 4) is 11.4 Å². The molecule has 0 radical (unpaired) electrons. The fraction of sp³-hybridized carbons (Fsp3) is 0.500. The van der Waals surface area contributed by atoms with E-state index in [1.54, 1.807) is 12.1 Å². The van der Waals surface area contributed by atoms with Crippen molar-refractivity contribution in [2.45, 2.75) is 96.9 Å². The van der Waals surface area contributed by atoms with Crippen molar-refractivity contribution in [2.75, 3.05) is 13.1 Å². The van der Waals surface area contributed by atoms with Crippen LogP contribution in [0.15, 0.2) is 67.0 Å². The molecule has 0 spiro atoms. The summed E-state index contributed by atoms with van der Waals surface area (Å²) in [7, 11) is 0. The quantitative estimate of drug-likeness (QED) is 0.191. The van der Waals surface area contributed by atoms with Crippen molar-refractivity contribution >= 4 is 23.4 Å². The molecule has 2 N–H and O–H groups in total. The van der Waals surface area contributed by atoms with Gasteiger partial charge < -0.3 is 15.3 Å². The summed E-state index contributed by atoms with van der Waals surface area (Å²) in [5.41, 5.74) is 5.85. The average molecular weight is 677 g/mol. The number of rotatable bonds is 13. The topological polar surface area (TPSA) is 112 Å². The Morgan fingerprint density at radius 2 is 1.52 bits per heavy atom. The zero-order valence-corrected chi connectivity index (χ0v) is 29.7. The van der Waals surface area contributed by atoms with E-state index < -0.39 is 17.9 Å². The molecule has 2 amide bonds. The maximum atomic E-state index is 13.5. The zero-order chi connectivity index (χ0) is 35.0. The van der Waals surface area contributed by atoms with Crippen LogP contribution >= 0.6 is 0 Å². The lowest BCUT2D eigenvalue weighted by Crippen LogP contribution is -2.59. The van der Waals surface area contributed by atoms with Crippen LogP contribution in [-0.2, 0) is 22.4 Å². The number of nitrogens with one attached hydrogen (secondary N) is 1. The van der Waals surface area contributed by atoms with Gasteiger partial charge in [0.05, 0.1) is 5.92 Å². The molecule has 3 aliphatic rings. The van der Waals surface area contributed by atoms with Gasteiger partial charge in [-0.05, 0) is 85.1 Å². The van der Waals surface area contributed by atoms with Crippen LogP contribution in [0.5, 0.6) is 0 Å². The van der Waals surface area contributed by atoms with E-state index in [9.17, 15) is 19.5 Å². The van der Waals surface area contributed by atoms with E-state index >= 15 is 0 Å². The zero-order valence-electron chi connectivity index (χ0n) is 29.7. The van der Waals surface area contributed by atoms with Crippen molar-refractivity contribution in [3.05, 3.63) is 89.3 Å². The lowest BCUT2D eigenvalue weighted by Gasteiger charge is -2.39. The van der Waals surface area contributed by atoms with Crippen LogP contribution in [0, 0.1) is 23.7 Å². The second-order valence-electron chi connectivity index (χ2n) is 14.8. The molecule has 2 fully saturated rings. The van der Waals surface area contributed by atoms with E-state index in [1.807, 2.05) is 48.8 Å². The highest BCUT2D eigenvalue weighted by atomic mass is 16.4. The standard InChI is InChI=1S/C42H52N4O4/c1-3-5-28-7-13-31(14-8-28)32-19-21-33(22-20-32)36-24-43-39(44-25-36)34-15-11-30(12-16-34)23-38(41(48)46-26-37(27-46)42(49)50)45-40(47)35-17-9-29(6-4-2)10-18-35/h9-12,15-18,21,24-25,28,31-32,37-38H,3-8,13-14,19-20,22-23,26-27H2,1-2H3,(H,45,47)(H,49,50)/t28?,31?,32?,38-/m0/s1. The molecule has 1 aromatic heterocycles. The molecule has 0 bridgehead atoms. The van der Waals surface area contributed by atoms with Gasteiger partial charge in [-0.2, -0.15) is 0 Å². The second kappa shape index (κ2) is 16.6. The molecule has 2 atom stereocenters. The Bertz CT molecular complexity index is 1640. The Labute approximate surface area is 296 Å². The highest BCUT2D eigenvalue weighted by Crippen LogP contribution is 2.42. The number of benzene rings is 2. The van der Waals surface area contributed by atoms with Gasteiger partial charge in [-0.25, -0.2) is 9.97 Å². The number of amides is 2.